The number of hydrogen-bond donors (Lipinski definition) is 3. The highest BCUT2D eigenvalue weighted by Gasteiger charge is 2.28. The molecule has 0 radical (unpaired) electrons. The SMILES string of the molecule is O=S(=O)(CC1CCCCN1)NC1CCCCCC1O. The van der Waals surface area contributed by atoms with Crippen LogP contribution in [0.5, 0.6) is 0 Å². The van der Waals surface area contributed by atoms with Crippen molar-refractivity contribution in [2.75, 3.05) is 12.3 Å². The smallest absolute Gasteiger partial charge is 0.213 e. The van der Waals surface area contributed by atoms with Gasteiger partial charge in [-0.2, -0.15) is 0 Å². The summed E-state index contributed by atoms with van der Waals surface area (Å²) >= 11 is 0. The zero-order valence-electron chi connectivity index (χ0n) is 11.5. The number of sulfonamides is 1. The second kappa shape index (κ2) is 7.02. The Hall–Kier alpha value is -0.170. The van der Waals surface area contributed by atoms with Crippen LogP contribution in [0.15, 0.2) is 0 Å². The predicted octanol–water partition coefficient (Wildman–Crippen LogP) is 0.741. The molecule has 6 heteroatoms. The van der Waals surface area contributed by atoms with Gasteiger partial charge in [-0.25, -0.2) is 13.1 Å². The first-order valence-corrected chi connectivity index (χ1v) is 9.13. The van der Waals surface area contributed by atoms with Crippen LogP contribution in [0, 0.1) is 0 Å². The van der Waals surface area contributed by atoms with Gasteiger partial charge in [0.15, 0.2) is 0 Å². The molecule has 19 heavy (non-hydrogen) atoms. The molecule has 0 amide bonds. The van der Waals surface area contributed by atoms with Crippen molar-refractivity contribution in [1.29, 1.82) is 0 Å². The second-order valence-electron chi connectivity index (χ2n) is 5.86. The maximum Gasteiger partial charge on any atom is 0.213 e. The molecule has 3 atom stereocenters. The van der Waals surface area contributed by atoms with Gasteiger partial charge in [-0.15, -0.1) is 0 Å². The summed E-state index contributed by atoms with van der Waals surface area (Å²) in [5.74, 6) is 0.135. The number of nitrogens with one attached hydrogen (secondary N) is 2. The fourth-order valence-electron chi connectivity index (χ4n) is 3.04. The molecule has 2 aliphatic rings. The molecule has 112 valence electrons. The fraction of sp³-hybridized carbons (Fsp3) is 1.00. The van der Waals surface area contributed by atoms with Crippen LogP contribution >= 0.6 is 0 Å². The van der Waals surface area contributed by atoms with Crippen LogP contribution in [0.3, 0.4) is 0 Å². The number of aliphatic hydroxyl groups excluding tert-OH is 1. The first-order chi connectivity index (χ1) is 9.07. The summed E-state index contributed by atoms with van der Waals surface area (Å²) in [6.45, 7) is 0.909. The molecule has 3 unspecified atom stereocenters. The standard InChI is InChI=1S/C13H26N2O3S/c16-13-8-3-1-2-7-12(13)15-19(17,18)10-11-6-4-5-9-14-11/h11-16H,1-10H2. The highest BCUT2D eigenvalue weighted by Crippen LogP contribution is 2.19. The molecule has 0 bridgehead atoms. The summed E-state index contributed by atoms with van der Waals surface area (Å²) in [7, 11) is -3.30. The molecule has 1 saturated heterocycles. The third-order valence-corrected chi connectivity index (χ3v) is 5.65. The van der Waals surface area contributed by atoms with Gasteiger partial charge in [0.2, 0.25) is 10.0 Å². The Kier molecular flexibility index (Phi) is 5.62. The average Bonchev–Trinajstić information content (AvgIpc) is 2.55. The van der Waals surface area contributed by atoms with Crippen molar-refractivity contribution in [3.05, 3.63) is 0 Å². The summed E-state index contributed by atoms with van der Waals surface area (Å²) in [5, 5.41) is 13.2. The van der Waals surface area contributed by atoms with Gasteiger partial charge in [-0.05, 0) is 32.2 Å². The number of piperidine rings is 1. The van der Waals surface area contributed by atoms with Gasteiger partial charge in [-0.1, -0.05) is 25.7 Å². The molecule has 1 heterocycles. The van der Waals surface area contributed by atoms with Crippen molar-refractivity contribution in [2.45, 2.75) is 69.6 Å². The van der Waals surface area contributed by atoms with Crippen LogP contribution < -0.4 is 10.0 Å². The van der Waals surface area contributed by atoms with Gasteiger partial charge >= 0.3 is 0 Å². The average molecular weight is 290 g/mol. The maximum absolute atomic E-state index is 12.2. The summed E-state index contributed by atoms with van der Waals surface area (Å²) in [4.78, 5) is 0. The second-order valence-corrected chi connectivity index (χ2v) is 7.66. The van der Waals surface area contributed by atoms with Crippen molar-refractivity contribution < 1.29 is 13.5 Å². The van der Waals surface area contributed by atoms with Gasteiger partial charge in [0, 0.05) is 12.1 Å². The van der Waals surface area contributed by atoms with E-state index in [4.69, 9.17) is 0 Å². The van der Waals surface area contributed by atoms with E-state index in [0.29, 0.717) is 6.42 Å². The number of aliphatic hydroxyl groups is 1. The molecule has 1 aliphatic carbocycles. The van der Waals surface area contributed by atoms with E-state index in [2.05, 4.69) is 10.0 Å². The van der Waals surface area contributed by atoms with Gasteiger partial charge in [0.05, 0.1) is 11.9 Å². The van der Waals surface area contributed by atoms with E-state index in [0.717, 1.165) is 51.5 Å². The Morgan fingerprint density at radius 2 is 1.79 bits per heavy atom. The van der Waals surface area contributed by atoms with E-state index in [1.165, 1.54) is 0 Å². The molecule has 0 aromatic heterocycles. The Morgan fingerprint density at radius 1 is 1.05 bits per heavy atom. The van der Waals surface area contributed by atoms with Crippen molar-refractivity contribution in [3.63, 3.8) is 0 Å². The van der Waals surface area contributed by atoms with Crippen molar-refractivity contribution in [3.8, 4) is 0 Å². The molecule has 0 spiro atoms. The van der Waals surface area contributed by atoms with Gasteiger partial charge in [-0.3, -0.25) is 0 Å². The first-order valence-electron chi connectivity index (χ1n) is 7.48. The van der Waals surface area contributed by atoms with Crippen LogP contribution in [0.1, 0.15) is 51.4 Å². The Morgan fingerprint density at radius 3 is 2.53 bits per heavy atom. The predicted molar refractivity (Wildman–Crippen MR) is 75.4 cm³/mol. The van der Waals surface area contributed by atoms with Gasteiger partial charge < -0.3 is 10.4 Å². The Labute approximate surface area is 116 Å². The van der Waals surface area contributed by atoms with E-state index < -0.39 is 16.1 Å². The topological polar surface area (TPSA) is 78.4 Å². The van der Waals surface area contributed by atoms with Crippen LogP contribution in [0.2, 0.25) is 0 Å². The highest BCUT2D eigenvalue weighted by atomic mass is 32.2. The molecule has 3 N–H and O–H groups in total. The lowest BCUT2D eigenvalue weighted by Crippen LogP contribution is -2.48. The summed E-state index contributed by atoms with van der Waals surface area (Å²) in [6.07, 6.45) is 7.14. The minimum absolute atomic E-state index is 0.0640. The Bertz CT molecular complexity index is 366. The van der Waals surface area contributed by atoms with Crippen molar-refractivity contribution in [1.82, 2.24) is 10.0 Å². The molecular weight excluding hydrogens is 264 g/mol. The minimum atomic E-state index is -3.30. The normalized spacial score (nSPS) is 33.8. The summed E-state index contributed by atoms with van der Waals surface area (Å²) < 4.78 is 27.0. The third kappa shape index (κ3) is 5.02. The van der Waals surface area contributed by atoms with E-state index in [1.54, 1.807) is 0 Å². The highest BCUT2D eigenvalue weighted by molar-refractivity contribution is 7.89. The lowest BCUT2D eigenvalue weighted by molar-refractivity contribution is 0.130. The zero-order chi connectivity index (χ0) is 13.7. The largest absolute Gasteiger partial charge is 0.391 e. The Balaban J connectivity index is 1.87. The summed E-state index contributed by atoms with van der Waals surface area (Å²) in [5.41, 5.74) is 0. The fourth-order valence-corrected chi connectivity index (χ4v) is 4.68. The quantitative estimate of drug-likeness (QED) is 0.667. The van der Waals surface area contributed by atoms with E-state index in [1.807, 2.05) is 0 Å². The van der Waals surface area contributed by atoms with E-state index in [9.17, 15) is 13.5 Å². The minimum Gasteiger partial charge on any atom is -0.391 e. The molecule has 2 rings (SSSR count). The molecule has 5 nitrogen and oxygen atoms in total. The van der Waals surface area contributed by atoms with Crippen molar-refractivity contribution >= 4 is 10.0 Å². The number of hydrogen-bond acceptors (Lipinski definition) is 4. The molecular formula is C13H26N2O3S. The molecule has 0 aromatic carbocycles. The maximum atomic E-state index is 12.2. The third-order valence-electron chi connectivity index (χ3n) is 4.14. The first kappa shape index (κ1) is 15.2. The van der Waals surface area contributed by atoms with Crippen molar-refractivity contribution in [2.24, 2.45) is 0 Å². The zero-order valence-corrected chi connectivity index (χ0v) is 12.3. The van der Waals surface area contributed by atoms with E-state index in [-0.39, 0.29) is 17.8 Å². The summed E-state index contributed by atoms with van der Waals surface area (Å²) in [6, 6.07) is -0.231. The van der Waals surface area contributed by atoms with Gasteiger partial charge in [0.25, 0.3) is 0 Å². The monoisotopic (exact) mass is 290 g/mol. The lowest BCUT2D eigenvalue weighted by Gasteiger charge is -2.26. The van der Waals surface area contributed by atoms with Crippen LogP contribution in [0.4, 0.5) is 0 Å². The lowest BCUT2D eigenvalue weighted by atomic mass is 10.1. The van der Waals surface area contributed by atoms with Crippen LogP contribution in [0.25, 0.3) is 0 Å². The van der Waals surface area contributed by atoms with E-state index >= 15 is 0 Å². The molecule has 1 saturated carbocycles. The molecule has 1 aliphatic heterocycles. The molecule has 2 fully saturated rings. The van der Waals surface area contributed by atoms with Gasteiger partial charge in [0.1, 0.15) is 0 Å². The van der Waals surface area contributed by atoms with Crippen LogP contribution in [-0.4, -0.2) is 44.0 Å². The molecule has 0 aromatic rings. The number of rotatable bonds is 4. The van der Waals surface area contributed by atoms with Crippen LogP contribution in [-0.2, 0) is 10.0 Å².